The maximum Gasteiger partial charge on any atom is 0.389 e. The van der Waals surface area contributed by atoms with Crippen LogP contribution < -0.4 is 4.72 Å². The summed E-state index contributed by atoms with van der Waals surface area (Å²) in [5.74, 6) is -1.08. The van der Waals surface area contributed by atoms with Crippen LogP contribution in [0.15, 0.2) is 18.2 Å². The van der Waals surface area contributed by atoms with Gasteiger partial charge in [0, 0.05) is 17.5 Å². The minimum Gasteiger partial charge on any atom is -0.506 e. The van der Waals surface area contributed by atoms with Gasteiger partial charge in [0.1, 0.15) is 5.75 Å². The largest absolute Gasteiger partial charge is 0.506 e. The van der Waals surface area contributed by atoms with Crippen LogP contribution in [0, 0.1) is 0 Å². The summed E-state index contributed by atoms with van der Waals surface area (Å²) in [4.78, 5) is 0. The molecule has 1 aromatic rings. The summed E-state index contributed by atoms with van der Waals surface area (Å²) in [6, 6.07) is 3.68. The molecule has 19 heavy (non-hydrogen) atoms. The Morgan fingerprint density at radius 2 is 1.95 bits per heavy atom. The van der Waals surface area contributed by atoms with Gasteiger partial charge < -0.3 is 5.11 Å². The fraction of sp³-hybridized carbons (Fsp3) is 0.400. The quantitative estimate of drug-likeness (QED) is 0.820. The maximum absolute atomic E-state index is 11.9. The van der Waals surface area contributed by atoms with Crippen molar-refractivity contribution in [2.75, 3.05) is 10.5 Å². The monoisotopic (exact) mass is 317 g/mol. The van der Waals surface area contributed by atoms with E-state index in [0.717, 1.165) is 6.07 Å². The van der Waals surface area contributed by atoms with Gasteiger partial charge in [-0.05, 0) is 18.6 Å². The third kappa shape index (κ3) is 6.02. The van der Waals surface area contributed by atoms with Gasteiger partial charge in [-0.2, -0.15) is 13.2 Å². The van der Waals surface area contributed by atoms with Crippen LogP contribution in [0.25, 0.3) is 0 Å². The highest BCUT2D eigenvalue weighted by Gasteiger charge is 2.27. The molecule has 0 bridgehead atoms. The zero-order valence-electron chi connectivity index (χ0n) is 9.54. The molecule has 0 heterocycles. The van der Waals surface area contributed by atoms with Crippen molar-refractivity contribution in [3.8, 4) is 5.75 Å². The van der Waals surface area contributed by atoms with Gasteiger partial charge in [0.25, 0.3) is 0 Å². The highest BCUT2D eigenvalue weighted by Crippen LogP contribution is 2.28. The molecular formula is C10H11ClF3NO3S. The first-order valence-electron chi connectivity index (χ1n) is 5.15. The molecule has 0 amide bonds. The molecule has 1 rings (SSSR count). The Balaban J connectivity index is 2.64. The SMILES string of the molecule is O=S(=O)(CCCC(F)(F)F)Nc1ccc(Cl)cc1O. The Labute approximate surface area is 113 Å². The number of benzene rings is 1. The third-order valence-electron chi connectivity index (χ3n) is 2.10. The van der Waals surface area contributed by atoms with E-state index in [1.165, 1.54) is 12.1 Å². The summed E-state index contributed by atoms with van der Waals surface area (Å²) in [6.45, 7) is 0. The first kappa shape index (κ1) is 15.9. The van der Waals surface area contributed by atoms with Crippen molar-refractivity contribution in [1.82, 2.24) is 0 Å². The van der Waals surface area contributed by atoms with Crippen molar-refractivity contribution in [2.24, 2.45) is 0 Å². The second kappa shape index (κ2) is 5.87. The average Bonchev–Trinajstić information content (AvgIpc) is 2.20. The number of hydrogen-bond donors (Lipinski definition) is 2. The summed E-state index contributed by atoms with van der Waals surface area (Å²) in [5.41, 5.74) is -0.128. The average molecular weight is 318 g/mol. The van der Waals surface area contributed by atoms with Crippen LogP contribution in [0.3, 0.4) is 0 Å². The van der Waals surface area contributed by atoms with Crippen LogP contribution >= 0.6 is 11.6 Å². The zero-order chi connectivity index (χ0) is 14.7. The highest BCUT2D eigenvalue weighted by molar-refractivity contribution is 7.92. The first-order chi connectivity index (χ1) is 8.59. The van der Waals surface area contributed by atoms with Gasteiger partial charge in [-0.3, -0.25) is 4.72 Å². The van der Waals surface area contributed by atoms with Crippen LogP contribution in [0.1, 0.15) is 12.8 Å². The van der Waals surface area contributed by atoms with Gasteiger partial charge in [0.05, 0.1) is 11.4 Å². The summed E-state index contributed by atoms with van der Waals surface area (Å²) in [6.07, 6.45) is -6.12. The highest BCUT2D eigenvalue weighted by atomic mass is 35.5. The van der Waals surface area contributed by atoms with E-state index in [1.807, 2.05) is 4.72 Å². The minimum absolute atomic E-state index is 0.128. The summed E-state index contributed by atoms with van der Waals surface area (Å²) in [5, 5.41) is 9.62. The van der Waals surface area contributed by atoms with Crippen molar-refractivity contribution in [3.63, 3.8) is 0 Å². The lowest BCUT2D eigenvalue weighted by atomic mass is 10.3. The van der Waals surface area contributed by atoms with Crippen LogP contribution in [0.5, 0.6) is 5.75 Å². The Morgan fingerprint density at radius 1 is 1.32 bits per heavy atom. The van der Waals surface area contributed by atoms with E-state index < -0.39 is 40.5 Å². The molecule has 0 atom stereocenters. The van der Waals surface area contributed by atoms with Gasteiger partial charge >= 0.3 is 6.18 Å². The summed E-state index contributed by atoms with van der Waals surface area (Å²) >= 11 is 5.56. The Hall–Kier alpha value is -1.15. The number of phenolic OH excluding ortho intramolecular Hbond substituents is 1. The molecule has 0 radical (unpaired) electrons. The van der Waals surface area contributed by atoms with Gasteiger partial charge in [0.2, 0.25) is 10.0 Å². The van der Waals surface area contributed by atoms with E-state index >= 15 is 0 Å². The predicted molar refractivity (Wildman–Crippen MR) is 65.8 cm³/mol. The van der Waals surface area contributed by atoms with Crippen LogP contribution in [0.4, 0.5) is 18.9 Å². The number of anilines is 1. The second-order valence-corrected chi connectivity index (χ2v) is 6.08. The lowest BCUT2D eigenvalue weighted by Gasteiger charge is -2.10. The van der Waals surface area contributed by atoms with Crippen LogP contribution in [-0.4, -0.2) is 25.5 Å². The van der Waals surface area contributed by atoms with Crippen LogP contribution in [0.2, 0.25) is 5.02 Å². The van der Waals surface area contributed by atoms with Crippen molar-refractivity contribution < 1.29 is 26.7 Å². The number of phenols is 1. The van der Waals surface area contributed by atoms with E-state index in [0.29, 0.717) is 0 Å². The second-order valence-electron chi connectivity index (χ2n) is 3.80. The van der Waals surface area contributed by atoms with E-state index in [4.69, 9.17) is 11.6 Å². The number of hydrogen-bond acceptors (Lipinski definition) is 3. The zero-order valence-corrected chi connectivity index (χ0v) is 11.1. The minimum atomic E-state index is -4.39. The fourth-order valence-corrected chi connectivity index (χ4v) is 2.57. The van der Waals surface area contributed by atoms with E-state index in [-0.39, 0.29) is 10.7 Å². The molecule has 1 aromatic carbocycles. The van der Waals surface area contributed by atoms with E-state index in [9.17, 15) is 26.7 Å². The molecule has 0 aliphatic rings. The molecule has 0 saturated heterocycles. The molecule has 2 N–H and O–H groups in total. The molecule has 0 fully saturated rings. The Morgan fingerprint density at radius 3 is 2.47 bits per heavy atom. The molecule has 108 valence electrons. The Kier molecular flexibility index (Phi) is 4.92. The van der Waals surface area contributed by atoms with Crippen molar-refractivity contribution >= 4 is 27.3 Å². The summed E-state index contributed by atoms with van der Waals surface area (Å²) in [7, 11) is -3.95. The van der Waals surface area contributed by atoms with Gasteiger partial charge in [-0.15, -0.1) is 0 Å². The number of rotatable bonds is 5. The van der Waals surface area contributed by atoms with Crippen molar-refractivity contribution in [1.29, 1.82) is 0 Å². The molecule has 4 nitrogen and oxygen atoms in total. The normalized spacial score (nSPS) is 12.4. The molecule has 0 unspecified atom stereocenters. The first-order valence-corrected chi connectivity index (χ1v) is 7.18. The summed E-state index contributed by atoms with van der Waals surface area (Å²) < 4.78 is 60.7. The third-order valence-corrected chi connectivity index (χ3v) is 3.69. The lowest BCUT2D eigenvalue weighted by Crippen LogP contribution is -2.18. The predicted octanol–water partition coefficient (Wildman–Crippen LogP) is 3.13. The van der Waals surface area contributed by atoms with Gasteiger partial charge in [0.15, 0.2) is 0 Å². The van der Waals surface area contributed by atoms with E-state index in [2.05, 4.69) is 0 Å². The topological polar surface area (TPSA) is 66.4 Å². The molecule has 0 aliphatic carbocycles. The Bertz CT molecular complexity index is 545. The number of sulfonamides is 1. The van der Waals surface area contributed by atoms with E-state index in [1.54, 1.807) is 0 Å². The van der Waals surface area contributed by atoms with Crippen LogP contribution in [-0.2, 0) is 10.0 Å². The number of alkyl halides is 3. The maximum atomic E-state index is 11.9. The van der Waals surface area contributed by atoms with Gasteiger partial charge in [-0.25, -0.2) is 8.42 Å². The standard InChI is InChI=1S/C10H11ClF3NO3S/c11-7-2-3-8(9(16)6-7)15-19(17,18)5-1-4-10(12,13)14/h2-3,6,15-16H,1,4-5H2. The number of aromatic hydroxyl groups is 1. The molecule has 0 aliphatic heterocycles. The van der Waals surface area contributed by atoms with Gasteiger partial charge in [-0.1, -0.05) is 11.6 Å². The number of nitrogens with one attached hydrogen (secondary N) is 1. The molecule has 0 spiro atoms. The smallest absolute Gasteiger partial charge is 0.389 e. The molecule has 9 heteroatoms. The van der Waals surface area contributed by atoms with Crippen molar-refractivity contribution in [2.45, 2.75) is 19.0 Å². The van der Waals surface area contributed by atoms with Crippen molar-refractivity contribution in [3.05, 3.63) is 23.2 Å². The number of halogens is 4. The lowest BCUT2D eigenvalue weighted by molar-refractivity contribution is -0.134. The molecule has 0 aromatic heterocycles. The molecule has 0 saturated carbocycles. The molecular weight excluding hydrogens is 307 g/mol. The fourth-order valence-electron chi connectivity index (χ4n) is 1.27.